The van der Waals surface area contributed by atoms with E-state index in [0.717, 1.165) is 6.42 Å². The van der Waals surface area contributed by atoms with Crippen LogP contribution in [0.4, 0.5) is 0 Å². The van der Waals surface area contributed by atoms with E-state index in [-0.39, 0.29) is 18.2 Å². The lowest BCUT2D eigenvalue weighted by atomic mass is 9.97. The van der Waals surface area contributed by atoms with Crippen LogP contribution in [-0.2, 0) is 24.0 Å². The number of carboxylic acid groups (broad SMARTS) is 2. The molecule has 1 heterocycles. The first-order valence-corrected chi connectivity index (χ1v) is 10.7. The normalized spacial score (nSPS) is 20.3. The summed E-state index contributed by atoms with van der Waals surface area (Å²) >= 11 is 0. The van der Waals surface area contributed by atoms with E-state index in [9.17, 15) is 34.2 Å². The van der Waals surface area contributed by atoms with E-state index in [1.165, 1.54) is 6.92 Å². The maximum Gasteiger partial charge on any atom is 0.326 e. The van der Waals surface area contributed by atoms with E-state index >= 15 is 0 Å². The Morgan fingerprint density at radius 2 is 1.62 bits per heavy atom. The molecule has 0 aromatic rings. The van der Waals surface area contributed by atoms with Gasteiger partial charge in [-0.2, -0.15) is 0 Å². The maximum atomic E-state index is 12.9. The molecule has 6 atom stereocenters. The molecule has 1 aliphatic heterocycles. The molecule has 32 heavy (non-hydrogen) atoms. The van der Waals surface area contributed by atoms with Crippen LogP contribution < -0.4 is 21.3 Å². The van der Waals surface area contributed by atoms with E-state index in [4.69, 9.17) is 5.11 Å². The Morgan fingerprint density at radius 1 is 1.00 bits per heavy atom. The van der Waals surface area contributed by atoms with E-state index in [2.05, 4.69) is 21.3 Å². The monoisotopic (exact) mass is 458 g/mol. The smallest absolute Gasteiger partial charge is 0.326 e. The quantitative estimate of drug-likeness (QED) is 0.173. The molecule has 12 heteroatoms. The zero-order valence-corrected chi connectivity index (χ0v) is 18.6. The molecule has 0 aliphatic carbocycles. The van der Waals surface area contributed by atoms with Crippen molar-refractivity contribution in [2.24, 2.45) is 5.92 Å². The molecule has 1 aliphatic rings. The summed E-state index contributed by atoms with van der Waals surface area (Å²) in [5.74, 6) is -4.94. The molecule has 1 saturated heterocycles. The summed E-state index contributed by atoms with van der Waals surface area (Å²) in [6.07, 6.45) is -0.186. The molecule has 0 aromatic carbocycles. The Bertz CT molecular complexity index is 693. The molecule has 6 unspecified atom stereocenters. The lowest BCUT2D eigenvalue weighted by Crippen LogP contribution is -2.61. The Labute approximate surface area is 186 Å². The fourth-order valence-electron chi connectivity index (χ4n) is 3.30. The van der Waals surface area contributed by atoms with Gasteiger partial charge < -0.3 is 36.6 Å². The topological polar surface area (TPSA) is 194 Å². The summed E-state index contributed by atoms with van der Waals surface area (Å²) in [6, 6.07) is -4.38. The van der Waals surface area contributed by atoms with Crippen LogP contribution in [0.1, 0.15) is 52.9 Å². The molecule has 1 fully saturated rings. The van der Waals surface area contributed by atoms with Gasteiger partial charge in [-0.1, -0.05) is 20.3 Å². The van der Waals surface area contributed by atoms with Crippen LogP contribution in [0.3, 0.4) is 0 Å². The van der Waals surface area contributed by atoms with Gasteiger partial charge in [-0.25, -0.2) is 4.79 Å². The van der Waals surface area contributed by atoms with Crippen LogP contribution in [0.5, 0.6) is 0 Å². The Kier molecular flexibility index (Phi) is 11.1. The van der Waals surface area contributed by atoms with Crippen molar-refractivity contribution in [2.45, 2.75) is 83.1 Å². The van der Waals surface area contributed by atoms with Crippen LogP contribution in [-0.4, -0.2) is 81.8 Å². The van der Waals surface area contributed by atoms with Crippen molar-refractivity contribution in [2.75, 3.05) is 6.54 Å². The minimum atomic E-state index is -1.50. The van der Waals surface area contributed by atoms with Gasteiger partial charge in [-0.3, -0.25) is 19.2 Å². The van der Waals surface area contributed by atoms with Crippen LogP contribution in [0.15, 0.2) is 0 Å². The molecule has 1 rings (SSSR count). The SMILES string of the molecule is CCC(C)C(NC(=O)C1CCCN1)C(=O)NC(C(=O)NC(CCC(=O)O)C(=O)O)C(C)O. The van der Waals surface area contributed by atoms with Gasteiger partial charge in [0.25, 0.3) is 0 Å². The number of amides is 3. The number of aliphatic hydroxyl groups excluding tert-OH is 1. The van der Waals surface area contributed by atoms with Gasteiger partial charge in [0.2, 0.25) is 17.7 Å². The fraction of sp³-hybridized carbons (Fsp3) is 0.750. The van der Waals surface area contributed by atoms with Gasteiger partial charge in [0.1, 0.15) is 18.1 Å². The predicted octanol–water partition coefficient (Wildman–Crippen LogP) is -1.43. The molecule has 7 N–H and O–H groups in total. The summed E-state index contributed by atoms with van der Waals surface area (Å²) in [6.45, 7) is 5.55. The summed E-state index contributed by atoms with van der Waals surface area (Å²) in [5, 5.41) is 38.3. The number of aliphatic hydroxyl groups is 1. The van der Waals surface area contributed by atoms with Gasteiger partial charge in [0, 0.05) is 6.42 Å². The van der Waals surface area contributed by atoms with Crippen LogP contribution in [0, 0.1) is 5.92 Å². The van der Waals surface area contributed by atoms with Crippen LogP contribution in [0.25, 0.3) is 0 Å². The third-order valence-corrected chi connectivity index (χ3v) is 5.49. The van der Waals surface area contributed by atoms with E-state index in [0.29, 0.717) is 19.4 Å². The van der Waals surface area contributed by atoms with Crippen molar-refractivity contribution in [3.8, 4) is 0 Å². The summed E-state index contributed by atoms with van der Waals surface area (Å²) in [5.41, 5.74) is 0. The number of rotatable bonds is 13. The fourth-order valence-corrected chi connectivity index (χ4v) is 3.30. The number of carboxylic acids is 2. The minimum absolute atomic E-state index is 0.277. The molecule has 0 saturated carbocycles. The molecular formula is C20H34N4O8. The zero-order chi connectivity index (χ0) is 24.4. The summed E-state index contributed by atoms with van der Waals surface area (Å²) in [7, 11) is 0. The second kappa shape index (κ2) is 13.0. The third-order valence-electron chi connectivity index (χ3n) is 5.49. The van der Waals surface area contributed by atoms with Gasteiger partial charge in [0.05, 0.1) is 12.1 Å². The molecule has 0 aromatic heterocycles. The van der Waals surface area contributed by atoms with E-state index in [1.807, 2.05) is 6.92 Å². The second-order valence-corrected chi connectivity index (χ2v) is 8.08. The highest BCUT2D eigenvalue weighted by Crippen LogP contribution is 2.12. The predicted molar refractivity (Wildman–Crippen MR) is 112 cm³/mol. The van der Waals surface area contributed by atoms with Crippen molar-refractivity contribution in [1.82, 2.24) is 21.3 Å². The molecule has 182 valence electrons. The van der Waals surface area contributed by atoms with Crippen molar-refractivity contribution in [3.05, 3.63) is 0 Å². The van der Waals surface area contributed by atoms with Crippen LogP contribution >= 0.6 is 0 Å². The van der Waals surface area contributed by atoms with E-state index in [1.54, 1.807) is 6.92 Å². The second-order valence-electron chi connectivity index (χ2n) is 8.08. The van der Waals surface area contributed by atoms with E-state index < -0.39 is 60.4 Å². The Hall–Kier alpha value is -2.73. The summed E-state index contributed by atoms with van der Waals surface area (Å²) in [4.78, 5) is 60.0. The first kappa shape index (κ1) is 27.3. The van der Waals surface area contributed by atoms with Crippen LogP contribution in [0.2, 0.25) is 0 Å². The Morgan fingerprint density at radius 3 is 2.09 bits per heavy atom. The third kappa shape index (κ3) is 8.42. The van der Waals surface area contributed by atoms with Crippen molar-refractivity contribution < 1.29 is 39.3 Å². The molecule has 0 spiro atoms. The van der Waals surface area contributed by atoms with Crippen molar-refractivity contribution >= 4 is 29.7 Å². The van der Waals surface area contributed by atoms with Gasteiger partial charge in [-0.15, -0.1) is 0 Å². The lowest BCUT2D eigenvalue weighted by molar-refractivity contribution is -0.144. The number of nitrogens with one attached hydrogen (secondary N) is 4. The highest BCUT2D eigenvalue weighted by molar-refractivity contribution is 5.94. The van der Waals surface area contributed by atoms with Crippen molar-refractivity contribution in [1.29, 1.82) is 0 Å². The molecular weight excluding hydrogens is 424 g/mol. The van der Waals surface area contributed by atoms with Gasteiger partial charge in [-0.05, 0) is 38.6 Å². The van der Waals surface area contributed by atoms with Gasteiger partial charge >= 0.3 is 11.9 Å². The minimum Gasteiger partial charge on any atom is -0.481 e. The average molecular weight is 459 g/mol. The molecule has 3 amide bonds. The highest BCUT2D eigenvalue weighted by atomic mass is 16.4. The maximum absolute atomic E-state index is 12.9. The molecule has 12 nitrogen and oxygen atoms in total. The summed E-state index contributed by atoms with van der Waals surface area (Å²) < 4.78 is 0. The number of hydrogen-bond acceptors (Lipinski definition) is 7. The number of hydrogen-bond donors (Lipinski definition) is 7. The number of carbonyl (C=O) groups is 5. The first-order chi connectivity index (χ1) is 15.0. The average Bonchev–Trinajstić information content (AvgIpc) is 3.26. The highest BCUT2D eigenvalue weighted by Gasteiger charge is 2.35. The molecule has 0 bridgehead atoms. The zero-order valence-electron chi connectivity index (χ0n) is 18.6. The number of aliphatic carboxylic acids is 2. The first-order valence-electron chi connectivity index (χ1n) is 10.7. The molecule has 0 radical (unpaired) electrons. The largest absolute Gasteiger partial charge is 0.481 e. The standard InChI is InChI=1S/C20H34N4O8/c1-4-10(2)15(23-17(28)12-6-5-9-21-12)18(29)24-16(11(3)25)19(30)22-13(20(31)32)7-8-14(26)27/h10-13,15-16,21,25H,4-9H2,1-3H3,(H,22,30)(H,23,28)(H,24,29)(H,26,27)(H,31,32). The Balaban J connectivity index is 2.89. The van der Waals surface area contributed by atoms with Crippen molar-refractivity contribution in [3.63, 3.8) is 0 Å². The van der Waals surface area contributed by atoms with Gasteiger partial charge in [0.15, 0.2) is 0 Å². The lowest BCUT2D eigenvalue weighted by Gasteiger charge is -2.29. The number of carbonyl (C=O) groups excluding carboxylic acids is 3.